The maximum Gasteiger partial charge on any atom is 0.226 e. The Morgan fingerprint density at radius 2 is 2.33 bits per heavy atom. The van der Waals surface area contributed by atoms with Gasteiger partial charge in [-0.15, -0.1) is 0 Å². The van der Waals surface area contributed by atoms with Crippen LogP contribution in [0.5, 0.6) is 5.75 Å². The summed E-state index contributed by atoms with van der Waals surface area (Å²) in [5.74, 6) is 0.328. The summed E-state index contributed by atoms with van der Waals surface area (Å²) in [4.78, 5) is 4.03. The molecule has 2 rings (SSSR count). The third kappa shape index (κ3) is 2.63. The zero-order valence-electron chi connectivity index (χ0n) is 9.68. The van der Waals surface area contributed by atoms with Crippen LogP contribution in [0.1, 0.15) is 24.2 Å². The van der Waals surface area contributed by atoms with Crippen molar-refractivity contribution in [2.24, 2.45) is 0 Å². The van der Waals surface area contributed by atoms with Crippen LogP contribution in [0.25, 0.3) is 0 Å². The zero-order valence-corrected chi connectivity index (χ0v) is 9.68. The van der Waals surface area contributed by atoms with Crippen molar-refractivity contribution in [3.05, 3.63) is 41.3 Å². The van der Waals surface area contributed by atoms with Gasteiger partial charge in [0.25, 0.3) is 0 Å². The number of nitriles is 1. The third-order valence-corrected chi connectivity index (χ3v) is 2.23. The number of nitrogens with zero attached hydrogens (tertiary/aromatic N) is 3. The molecule has 0 aliphatic carbocycles. The summed E-state index contributed by atoms with van der Waals surface area (Å²) in [7, 11) is 0. The van der Waals surface area contributed by atoms with E-state index in [0.717, 1.165) is 6.07 Å². The first-order chi connectivity index (χ1) is 8.72. The molecule has 1 aromatic carbocycles. The molecule has 0 unspecified atom stereocenters. The van der Waals surface area contributed by atoms with Gasteiger partial charge in [0.05, 0.1) is 11.6 Å². The summed E-state index contributed by atoms with van der Waals surface area (Å²) in [5, 5.41) is 12.3. The van der Waals surface area contributed by atoms with Crippen LogP contribution in [0.3, 0.4) is 0 Å². The second-order valence-corrected chi connectivity index (χ2v) is 3.50. The van der Waals surface area contributed by atoms with E-state index >= 15 is 0 Å². The number of rotatable bonds is 4. The van der Waals surface area contributed by atoms with Crippen LogP contribution in [0.4, 0.5) is 4.39 Å². The number of aryl methyl sites for hydroxylation is 1. The number of hydrogen-bond acceptors (Lipinski definition) is 5. The molecule has 0 saturated carbocycles. The van der Waals surface area contributed by atoms with Gasteiger partial charge in [-0.2, -0.15) is 10.2 Å². The lowest BCUT2D eigenvalue weighted by atomic mass is 10.2. The van der Waals surface area contributed by atoms with Crippen molar-refractivity contribution in [2.45, 2.75) is 20.0 Å². The lowest BCUT2D eigenvalue weighted by Crippen LogP contribution is -1.99. The number of aromatic nitrogens is 2. The molecule has 18 heavy (non-hydrogen) atoms. The van der Waals surface area contributed by atoms with E-state index in [1.165, 1.54) is 12.1 Å². The topological polar surface area (TPSA) is 71.9 Å². The molecule has 0 bridgehead atoms. The normalized spacial score (nSPS) is 10.1. The molecule has 1 aromatic heterocycles. The van der Waals surface area contributed by atoms with E-state index in [4.69, 9.17) is 14.5 Å². The maximum atomic E-state index is 13.5. The highest BCUT2D eigenvalue weighted by molar-refractivity contribution is 5.35. The first kappa shape index (κ1) is 12.0. The van der Waals surface area contributed by atoms with Crippen molar-refractivity contribution in [3.63, 3.8) is 0 Å². The van der Waals surface area contributed by atoms with Crippen LogP contribution in [-0.4, -0.2) is 10.1 Å². The molecular formula is C12H10FN3O2. The molecule has 92 valence electrons. The smallest absolute Gasteiger partial charge is 0.226 e. The molecule has 0 spiro atoms. The molecule has 1 heterocycles. The van der Waals surface area contributed by atoms with Crippen molar-refractivity contribution in [1.29, 1.82) is 5.26 Å². The minimum Gasteiger partial charge on any atom is -0.482 e. The summed E-state index contributed by atoms with van der Waals surface area (Å²) in [5.41, 5.74) is 0.243. The second-order valence-electron chi connectivity index (χ2n) is 3.50. The highest BCUT2D eigenvalue weighted by Crippen LogP contribution is 2.18. The second kappa shape index (κ2) is 5.27. The largest absolute Gasteiger partial charge is 0.482 e. The van der Waals surface area contributed by atoms with Crippen LogP contribution in [-0.2, 0) is 13.0 Å². The van der Waals surface area contributed by atoms with Gasteiger partial charge in [-0.05, 0) is 18.2 Å². The summed E-state index contributed by atoms with van der Waals surface area (Å²) in [6.45, 7) is 1.91. The predicted molar refractivity (Wildman–Crippen MR) is 59.1 cm³/mol. The molecule has 0 atom stereocenters. The molecule has 2 aromatic rings. The number of benzene rings is 1. The fourth-order valence-corrected chi connectivity index (χ4v) is 1.32. The number of halogens is 1. The van der Waals surface area contributed by atoms with Gasteiger partial charge in [-0.1, -0.05) is 12.1 Å². The van der Waals surface area contributed by atoms with E-state index in [2.05, 4.69) is 10.1 Å². The fraction of sp³-hybridized carbons (Fsp3) is 0.250. The summed E-state index contributed by atoms with van der Waals surface area (Å²) < 4.78 is 23.6. The number of ether oxygens (including phenoxy) is 1. The highest BCUT2D eigenvalue weighted by Gasteiger charge is 2.08. The van der Waals surface area contributed by atoms with Gasteiger partial charge in [0, 0.05) is 6.42 Å². The minimum atomic E-state index is -0.590. The van der Waals surface area contributed by atoms with Crippen molar-refractivity contribution >= 4 is 0 Å². The SMILES string of the molecule is CCc1nc(COc2ccc(C#N)cc2F)no1. The Morgan fingerprint density at radius 1 is 1.50 bits per heavy atom. The fourth-order valence-electron chi connectivity index (χ4n) is 1.32. The first-order valence-corrected chi connectivity index (χ1v) is 5.37. The molecule has 0 fully saturated rings. The van der Waals surface area contributed by atoms with Crippen molar-refractivity contribution < 1.29 is 13.7 Å². The van der Waals surface area contributed by atoms with Crippen molar-refractivity contribution in [2.75, 3.05) is 0 Å². The molecule has 0 N–H and O–H groups in total. The van der Waals surface area contributed by atoms with Gasteiger partial charge in [-0.3, -0.25) is 0 Å². The standard InChI is InChI=1S/C12H10FN3O2/c1-2-12-15-11(16-18-12)7-17-10-4-3-8(6-14)5-9(10)13/h3-5H,2,7H2,1H3. The third-order valence-electron chi connectivity index (χ3n) is 2.23. The van der Waals surface area contributed by atoms with Crippen LogP contribution in [0, 0.1) is 17.1 Å². The van der Waals surface area contributed by atoms with Gasteiger partial charge in [0.1, 0.15) is 0 Å². The summed E-state index contributed by atoms with van der Waals surface area (Å²) in [6, 6.07) is 5.83. The minimum absolute atomic E-state index is 0.0202. The Balaban J connectivity index is 2.04. The van der Waals surface area contributed by atoms with Crippen molar-refractivity contribution in [3.8, 4) is 11.8 Å². The Labute approximate surface area is 103 Å². The van der Waals surface area contributed by atoms with E-state index < -0.39 is 5.82 Å². The Morgan fingerprint density at radius 3 is 2.94 bits per heavy atom. The molecule has 0 amide bonds. The molecule has 6 heteroatoms. The van der Waals surface area contributed by atoms with Gasteiger partial charge in [-0.25, -0.2) is 4.39 Å². The molecule has 0 radical (unpaired) electrons. The van der Waals surface area contributed by atoms with E-state index in [-0.39, 0.29) is 17.9 Å². The predicted octanol–water partition coefficient (Wildman–Crippen LogP) is 2.22. The Kier molecular flexibility index (Phi) is 3.53. The summed E-state index contributed by atoms with van der Waals surface area (Å²) >= 11 is 0. The van der Waals surface area contributed by atoms with Crippen LogP contribution in [0.15, 0.2) is 22.7 Å². The molecular weight excluding hydrogens is 237 g/mol. The quantitative estimate of drug-likeness (QED) is 0.828. The first-order valence-electron chi connectivity index (χ1n) is 5.37. The maximum absolute atomic E-state index is 13.5. The van der Waals surface area contributed by atoms with Gasteiger partial charge in [0.2, 0.25) is 11.7 Å². The summed E-state index contributed by atoms with van der Waals surface area (Å²) in [6.07, 6.45) is 0.637. The Hall–Kier alpha value is -2.42. The van der Waals surface area contributed by atoms with E-state index in [1.807, 2.05) is 13.0 Å². The molecule has 5 nitrogen and oxygen atoms in total. The van der Waals surface area contributed by atoms with E-state index in [0.29, 0.717) is 18.1 Å². The lowest BCUT2D eigenvalue weighted by Gasteiger charge is -2.04. The van der Waals surface area contributed by atoms with Crippen LogP contribution >= 0.6 is 0 Å². The van der Waals surface area contributed by atoms with E-state index in [9.17, 15) is 4.39 Å². The van der Waals surface area contributed by atoms with E-state index in [1.54, 1.807) is 0 Å². The average molecular weight is 247 g/mol. The highest BCUT2D eigenvalue weighted by atomic mass is 19.1. The monoisotopic (exact) mass is 247 g/mol. The number of hydrogen-bond donors (Lipinski definition) is 0. The average Bonchev–Trinajstić information content (AvgIpc) is 2.85. The molecule has 0 saturated heterocycles. The molecule has 0 aliphatic heterocycles. The van der Waals surface area contributed by atoms with Gasteiger partial charge >= 0.3 is 0 Å². The lowest BCUT2D eigenvalue weighted by molar-refractivity contribution is 0.272. The van der Waals surface area contributed by atoms with Gasteiger partial charge in [0.15, 0.2) is 18.2 Å². The zero-order chi connectivity index (χ0) is 13.0. The Bertz CT molecular complexity index is 589. The van der Waals surface area contributed by atoms with Gasteiger partial charge < -0.3 is 9.26 Å². The van der Waals surface area contributed by atoms with Crippen LogP contribution < -0.4 is 4.74 Å². The van der Waals surface area contributed by atoms with Crippen molar-refractivity contribution in [1.82, 2.24) is 10.1 Å². The molecule has 0 aliphatic rings. The van der Waals surface area contributed by atoms with Crippen LogP contribution in [0.2, 0.25) is 0 Å².